The van der Waals surface area contributed by atoms with Crippen LogP contribution in [-0.4, -0.2) is 36.2 Å². The Hall–Kier alpha value is -0.410. The van der Waals surface area contributed by atoms with Crippen molar-refractivity contribution in [1.82, 2.24) is 15.6 Å². The molecule has 1 aliphatic heterocycles. The Morgan fingerprint density at radius 3 is 2.96 bits per heavy atom. The molecule has 1 spiro atoms. The zero-order valence-corrected chi connectivity index (χ0v) is 17.5. The summed E-state index contributed by atoms with van der Waals surface area (Å²) in [4.78, 5) is 10.4. The number of fused-ring (bicyclic) bond motifs is 2. The fraction of sp³-hybridized carbons (Fsp3) is 0.765. The number of nitrogens with one attached hydrogen (secondary N) is 2. The van der Waals surface area contributed by atoms with Gasteiger partial charge in [-0.3, -0.25) is 0 Å². The Morgan fingerprint density at radius 1 is 1.50 bits per heavy atom. The van der Waals surface area contributed by atoms with Gasteiger partial charge >= 0.3 is 0 Å². The second-order valence-corrected chi connectivity index (χ2v) is 8.33. The number of aryl methyl sites for hydroxylation is 1. The van der Waals surface area contributed by atoms with Crippen molar-refractivity contribution in [3.63, 3.8) is 0 Å². The number of guanidine groups is 1. The maximum atomic E-state index is 6.00. The number of ether oxygens (including phenoxy) is 1. The molecule has 2 saturated carbocycles. The molecule has 5 nitrogen and oxygen atoms in total. The number of hydrogen-bond donors (Lipinski definition) is 2. The molecule has 2 heterocycles. The molecule has 1 aromatic heterocycles. The largest absolute Gasteiger partial charge is 0.377 e. The third-order valence-electron chi connectivity index (χ3n) is 5.71. The third-order valence-corrected chi connectivity index (χ3v) is 6.61. The van der Waals surface area contributed by atoms with Crippen LogP contribution in [0.3, 0.4) is 0 Å². The highest BCUT2D eigenvalue weighted by molar-refractivity contribution is 14.0. The fourth-order valence-electron chi connectivity index (χ4n) is 4.54. The van der Waals surface area contributed by atoms with Crippen molar-refractivity contribution >= 4 is 41.3 Å². The van der Waals surface area contributed by atoms with Crippen molar-refractivity contribution in [2.75, 3.05) is 13.2 Å². The van der Waals surface area contributed by atoms with Gasteiger partial charge in [-0.2, -0.15) is 0 Å². The van der Waals surface area contributed by atoms with Crippen LogP contribution in [0.15, 0.2) is 11.2 Å². The highest BCUT2D eigenvalue weighted by Crippen LogP contribution is 2.62. The molecule has 134 valence electrons. The number of nitrogens with zero attached hydrogens (tertiary/aromatic N) is 2. The van der Waals surface area contributed by atoms with Crippen LogP contribution < -0.4 is 10.6 Å². The van der Waals surface area contributed by atoms with E-state index in [1.165, 1.54) is 30.6 Å². The average molecular weight is 462 g/mol. The lowest BCUT2D eigenvalue weighted by molar-refractivity contribution is -0.171. The number of hydrogen-bond acceptors (Lipinski definition) is 4. The highest BCUT2D eigenvalue weighted by atomic mass is 127. The molecule has 3 atom stereocenters. The molecule has 1 aromatic rings. The van der Waals surface area contributed by atoms with Crippen molar-refractivity contribution < 1.29 is 4.74 Å². The summed E-state index contributed by atoms with van der Waals surface area (Å²) in [6, 6.07) is 0.527. The van der Waals surface area contributed by atoms with E-state index in [0.717, 1.165) is 24.1 Å². The van der Waals surface area contributed by atoms with Gasteiger partial charge in [-0.05, 0) is 33.1 Å². The summed E-state index contributed by atoms with van der Waals surface area (Å²) in [7, 11) is 0. The van der Waals surface area contributed by atoms with Gasteiger partial charge < -0.3 is 15.4 Å². The van der Waals surface area contributed by atoms with Crippen molar-refractivity contribution in [1.29, 1.82) is 0 Å². The standard InChI is InChI=1S/C17H26N4OS.HI/c1-3-18-16(20-10-13-19-9-11(2)23-13)21-14-12-5-8-22-15(12)17(14)6-4-7-17;/h9,12,14-15H,3-8,10H2,1-2H3,(H2,18,20,21);1H. The molecule has 0 aromatic carbocycles. The summed E-state index contributed by atoms with van der Waals surface area (Å²) < 4.78 is 6.00. The fourth-order valence-corrected chi connectivity index (χ4v) is 5.26. The van der Waals surface area contributed by atoms with Crippen LogP contribution >= 0.6 is 35.3 Å². The Balaban J connectivity index is 0.00000169. The van der Waals surface area contributed by atoms with Crippen molar-refractivity contribution in [2.24, 2.45) is 16.3 Å². The lowest BCUT2D eigenvalue weighted by Gasteiger charge is -2.63. The zero-order chi connectivity index (χ0) is 15.9. The van der Waals surface area contributed by atoms with E-state index < -0.39 is 0 Å². The molecule has 1 saturated heterocycles. The molecule has 24 heavy (non-hydrogen) atoms. The lowest BCUT2D eigenvalue weighted by atomic mass is 9.46. The molecule has 2 N–H and O–H groups in total. The summed E-state index contributed by atoms with van der Waals surface area (Å²) in [5, 5.41) is 8.21. The van der Waals surface area contributed by atoms with Gasteiger partial charge in [0.25, 0.3) is 0 Å². The molecule has 0 bridgehead atoms. The average Bonchev–Trinajstić information content (AvgIpc) is 3.08. The van der Waals surface area contributed by atoms with Crippen LogP contribution in [0.5, 0.6) is 0 Å². The molecule has 3 fully saturated rings. The molecule has 4 rings (SSSR count). The van der Waals surface area contributed by atoms with Crippen LogP contribution in [-0.2, 0) is 11.3 Å². The summed E-state index contributed by atoms with van der Waals surface area (Å²) in [5.74, 6) is 1.60. The summed E-state index contributed by atoms with van der Waals surface area (Å²) in [6.07, 6.45) is 7.56. The molecule has 3 aliphatic rings. The molecule has 7 heteroatoms. The van der Waals surface area contributed by atoms with Crippen LogP contribution in [0.4, 0.5) is 0 Å². The van der Waals surface area contributed by atoms with Gasteiger partial charge in [-0.15, -0.1) is 35.3 Å². The van der Waals surface area contributed by atoms with Gasteiger partial charge in [-0.25, -0.2) is 9.98 Å². The number of aromatic nitrogens is 1. The van der Waals surface area contributed by atoms with E-state index >= 15 is 0 Å². The second-order valence-electron chi connectivity index (χ2n) is 7.01. The summed E-state index contributed by atoms with van der Waals surface area (Å²) >= 11 is 1.72. The number of rotatable bonds is 4. The van der Waals surface area contributed by atoms with E-state index in [-0.39, 0.29) is 24.0 Å². The van der Waals surface area contributed by atoms with E-state index in [9.17, 15) is 0 Å². The lowest BCUT2D eigenvalue weighted by Crippen LogP contribution is -2.72. The van der Waals surface area contributed by atoms with Crippen LogP contribution in [0, 0.1) is 18.3 Å². The smallest absolute Gasteiger partial charge is 0.191 e. The Bertz CT molecular complexity index is 601. The SMILES string of the molecule is CCNC(=NCc1ncc(C)s1)NC1C2CCOC2C12CCC2.I. The molecular weight excluding hydrogens is 435 g/mol. The quantitative estimate of drug-likeness (QED) is 0.410. The van der Waals surface area contributed by atoms with E-state index in [0.29, 0.717) is 30.0 Å². The molecular formula is C17H27IN4OS. The van der Waals surface area contributed by atoms with E-state index in [4.69, 9.17) is 9.73 Å². The number of thiazole rings is 1. The maximum absolute atomic E-state index is 6.00. The Morgan fingerprint density at radius 2 is 2.33 bits per heavy atom. The van der Waals surface area contributed by atoms with Crippen molar-refractivity contribution in [3.05, 3.63) is 16.1 Å². The minimum Gasteiger partial charge on any atom is -0.377 e. The first-order valence-electron chi connectivity index (χ1n) is 8.81. The highest BCUT2D eigenvalue weighted by Gasteiger charge is 2.66. The van der Waals surface area contributed by atoms with Gasteiger partial charge in [0.1, 0.15) is 5.01 Å². The minimum absolute atomic E-state index is 0. The first-order valence-corrected chi connectivity index (χ1v) is 9.62. The van der Waals surface area contributed by atoms with Gasteiger partial charge in [0, 0.05) is 41.6 Å². The van der Waals surface area contributed by atoms with E-state index in [1.807, 2.05) is 6.20 Å². The van der Waals surface area contributed by atoms with Gasteiger partial charge in [0.2, 0.25) is 0 Å². The second kappa shape index (κ2) is 7.45. The molecule has 0 amide bonds. The van der Waals surface area contributed by atoms with E-state index in [2.05, 4.69) is 29.5 Å². The predicted molar refractivity (Wildman–Crippen MR) is 108 cm³/mol. The zero-order valence-electron chi connectivity index (χ0n) is 14.4. The monoisotopic (exact) mass is 462 g/mol. The van der Waals surface area contributed by atoms with Gasteiger partial charge in [0.15, 0.2) is 5.96 Å². The normalized spacial score (nSPS) is 30.1. The van der Waals surface area contributed by atoms with Gasteiger partial charge in [0.05, 0.1) is 12.6 Å². The molecule has 2 aliphatic carbocycles. The van der Waals surface area contributed by atoms with Crippen LogP contribution in [0.25, 0.3) is 0 Å². The predicted octanol–water partition coefficient (Wildman–Crippen LogP) is 3.08. The topological polar surface area (TPSA) is 58.5 Å². The van der Waals surface area contributed by atoms with E-state index in [1.54, 1.807) is 11.3 Å². The van der Waals surface area contributed by atoms with Crippen LogP contribution in [0.2, 0.25) is 0 Å². The first kappa shape index (κ1) is 18.4. The molecule has 0 radical (unpaired) electrons. The number of halogens is 1. The number of aliphatic imine (C=N–C) groups is 1. The maximum Gasteiger partial charge on any atom is 0.191 e. The van der Waals surface area contributed by atoms with Gasteiger partial charge in [-0.1, -0.05) is 6.42 Å². The van der Waals surface area contributed by atoms with Crippen molar-refractivity contribution in [3.8, 4) is 0 Å². The summed E-state index contributed by atoms with van der Waals surface area (Å²) in [5.41, 5.74) is 0.384. The minimum atomic E-state index is 0. The molecule has 3 unspecified atom stereocenters. The summed E-state index contributed by atoms with van der Waals surface area (Å²) in [6.45, 7) is 6.67. The first-order chi connectivity index (χ1) is 11.2. The van der Waals surface area contributed by atoms with Crippen LogP contribution in [0.1, 0.15) is 42.5 Å². The third kappa shape index (κ3) is 3.07. The Labute approximate surface area is 165 Å². The van der Waals surface area contributed by atoms with Crippen molar-refractivity contribution in [2.45, 2.75) is 58.2 Å². The Kier molecular flexibility index (Phi) is 5.71.